The minimum Gasteiger partial charge on any atom is -0.480 e. The van der Waals surface area contributed by atoms with Gasteiger partial charge in [0.15, 0.2) is 0 Å². The van der Waals surface area contributed by atoms with Gasteiger partial charge in [-0.2, -0.15) is 0 Å². The van der Waals surface area contributed by atoms with Gasteiger partial charge in [0.1, 0.15) is 11.9 Å². The van der Waals surface area contributed by atoms with Crippen molar-refractivity contribution >= 4 is 13.1 Å². The Kier molecular flexibility index (Phi) is 5.83. The monoisotopic (exact) mass is 255 g/mol. The standard InChI is InChI=1S/C10H18BN3O4/c12-8(10(15)16)5-7-6-13-9(14-7)3-1-2-4-11(17)18/h6,8,17-18H,1-5,12H2,(H,13,14)(H,15,16)/t8-/m0/s1. The fraction of sp³-hybridized carbons (Fsp3) is 0.600. The third-order valence-corrected chi connectivity index (χ3v) is 2.56. The van der Waals surface area contributed by atoms with Crippen molar-refractivity contribution in [3.8, 4) is 0 Å². The first-order valence-corrected chi connectivity index (χ1v) is 5.86. The van der Waals surface area contributed by atoms with Crippen LogP contribution in [0.2, 0.25) is 6.32 Å². The number of carboxylic acid groups (broad SMARTS) is 1. The number of rotatable bonds is 8. The number of H-pyrrole nitrogens is 1. The molecule has 0 aliphatic heterocycles. The van der Waals surface area contributed by atoms with Gasteiger partial charge < -0.3 is 25.9 Å². The van der Waals surface area contributed by atoms with Gasteiger partial charge in [-0.15, -0.1) is 0 Å². The number of imidazole rings is 1. The molecule has 1 heterocycles. The molecule has 7 nitrogen and oxygen atoms in total. The van der Waals surface area contributed by atoms with Crippen LogP contribution in [-0.4, -0.2) is 44.3 Å². The zero-order valence-electron chi connectivity index (χ0n) is 10.0. The summed E-state index contributed by atoms with van der Waals surface area (Å²) in [6.07, 6.45) is 4.32. The minimum absolute atomic E-state index is 0.220. The number of aliphatic carboxylic acids is 1. The van der Waals surface area contributed by atoms with Crippen LogP contribution >= 0.6 is 0 Å². The number of nitrogens with zero attached hydrogens (tertiary/aromatic N) is 1. The molecule has 0 amide bonds. The molecule has 0 bridgehead atoms. The fourth-order valence-corrected chi connectivity index (χ4v) is 1.58. The maximum atomic E-state index is 10.6. The summed E-state index contributed by atoms with van der Waals surface area (Å²) in [6.45, 7) is 0. The van der Waals surface area contributed by atoms with Gasteiger partial charge in [-0.3, -0.25) is 4.79 Å². The molecule has 0 fully saturated rings. The lowest BCUT2D eigenvalue weighted by atomic mass is 9.83. The van der Waals surface area contributed by atoms with E-state index in [1.807, 2.05) is 0 Å². The lowest BCUT2D eigenvalue weighted by molar-refractivity contribution is -0.138. The average molecular weight is 255 g/mol. The third kappa shape index (κ3) is 5.30. The van der Waals surface area contributed by atoms with Crippen LogP contribution in [0.4, 0.5) is 0 Å². The number of nitrogens with two attached hydrogens (primary N) is 1. The van der Waals surface area contributed by atoms with Crippen LogP contribution in [0.15, 0.2) is 6.20 Å². The molecule has 6 N–H and O–H groups in total. The van der Waals surface area contributed by atoms with Gasteiger partial charge >= 0.3 is 13.1 Å². The molecule has 8 heteroatoms. The number of hydrogen-bond acceptors (Lipinski definition) is 5. The summed E-state index contributed by atoms with van der Waals surface area (Å²) < 4.78 is 0. The lowest BCUT2D eigenvalue weighted by Gasteiger charge is -2.03. The van der Waals surface area contributed by atoms with Crippen molar-refractivity contribution in [2.75, 3.05) is 0 Å². The van der Waals surface area contributed by atoms with Gasteiger partial charge in [0, 0.05) is 24.7 Å². The van der Waals surface area contributed by atoms with Crippen molar-refractivity contribution in [2.24, 2.45) is 5.73 Å². The van der Waals surface area contributed by atoms with E-state index in [9.17, 15) is 4.79 Å². The molecule has 0 aliphatic carbocycles. The zero-order chi connectivity index (χ0) is 13.5. The highest BCUT2D eigenvalue weighted by Crippen LogP contribution is 2.06. The predicted molar refractivity (Wildman–Crippen MR) is 65.8 cm³/mol. The molecule has 1 aromatic rings. The van der Waals surface area contributed by atoms with E-state index in [-0.39, 0.29) is 6.42 Å². The van der Waals surface area contributed by atoms with Gasteiger partial charge in [0.2, 0.25) is 0 Å². The summed E-state index contributed by atoms with van der Waals surface area (Å²) in [7, 11) is -1.26. The van der Waals surface area contributed by atoms with Crippen molar-refractivity contribution in [2.45, 2.75) is 38.0 Å². The molecular weight excluding hydrogens is 237 g/mol. The molecule has 1 rings (SSSR count). The van der Waals surface area contributed by atoms with E-state index in [0.29, 0.717) is 24.9 Å². The van der Waals surface area contributed by atoms with Crippen molar-refractivity contribution < 1.29 is 19.9 Å². The van der Waals surface area contributed by atoms with E-state index in [1.54, 1.807) is 6.20 Å². The number of nitrogens with one attached hydrogen (secondary N) is 1. The molecule has 1 atom stereocenters. The van der Waals surface area contributed by atoms with Crippen molar-refractivity contribution in [1.82, 2.24) is 9.97 Å². The summed E-state index contributed by atoms with van der Waals surface area (Å²) in [5.41, 5.74) is 6.11. The number of carbonyl (C=O) groups is 1. The van der Waals surface area contributed by atoms with Crippen LogP contribution in [0.25, 0.3) is 0 Å². The largest absolute Gasteiger partial charge is 0.480 e. The molecule has 100 valence electrons. The molecule has 0 saturated carbocycles. The van der Waals surface area contributed by atoms with Gasteiger partial charge in [0.25, 0.3) is 0 Å². The van der Waals surface area contributed by atoms with E-state index in [2.05, 4.69) is 9.97 Å². The highest BCUT2D eigenvalue weighted by Gasteiger charge is 2.13. The molecule has 0 aliphatic rings. The maximum absolute atomic E-state index is 10.6. The van der Waals surface area contributed by atoms with Crippen LogP contribution in [0.1, 0.15) is 24.4 Å². The van der Waals surface area contributed by atoms with E-state index < -0.39 is 19.1 Å². The molecule has 1 aromatic heterocycles. The van der Waals surface area contributed by atoms with Crippen molar-refractivity contribution in [3.05, 3.63) is 17.7 Å². The van der Waals surface area contributed by atoms with E-state index >= 15 is 0 Å². The van der Waals surface area contributed by atoms with Gasteiger partial charge in [-0.05, 0) is 12.7 Å². The molecule has 0 spiro atoms. The molecule has 18 heavy (non-hydrogen) atoms. The van der Waals surface area contributed by atoms with Crippen LogP contribution in [0.3, 0.4) is 0 Å². The second-order valence-corrected chi connectivity index (χ2v) is 4.23. The van der Waals surface area contributed by atoms with Crippen LogP contribution in [0, 0.1) is 0 Å². The Bertz CT molecular complexity index is 383. The van der Waals surface area contributed by atoms with E-state index in [0.717, 1.165) is 12.2 Å². The molecule has 0 unspecified atom stereocenters. The molecule has 0 saturated heterocycles. The number of unbranched alkanes of at least 4 members (excludes halogenated alkanes) is 1. The quantitative estimate of drug-likeness (QED) is 0.304. The van der Waals surface area contributed by atoms with Crippen LogP contribution in [-0.2, 0) is 17.6 Å². The first-order chi connectivity index (χ1) is 8.49. The van der Waals surface area contributed by atoms with Crippen LogP contribution in [0.5, 0.6) is 0 Å². The van der Waals surface area contributed by atoms with Crippen molar-refractivity contribution in [3.63, 3.8) is 0 Å². The van der Waals surface area contributed by atoms with E-state index in [4.69, 9.17) is 20.9 Å². The summed E-state index contributed by atoms with van der Waals surface area (Å²) in [5.74, 6) is -0.280. The normalized spacial score (nSPS) is 12.4. The summed E-state index contributed by atoms with van der Waals surface area (Å²) in [4.78, 5) is 17.7. The summed E-state index contributed by atoms with van der Waals surface area (Å²) in [6, 6.07) is -0.928. The minimum atomic E-state index is -1.26. The molecule has 0 radical (unpaired) electrons. The number of aryl methyl sites for hydroxylation is 1. The topological polar surface area (TPSA) is 132 Å². The fourth-order valence-electron chi connectivity index (χ4n) is 1.58. The highest BCUT2D eigenvalue weighted by molar-refractivity contribution is 6.40. The first-order valence-electron chi connectivity index (χ1n) is 5.86. The predicted octanol–water partition coefficient (Wildman–Crippen LogP) is -0.840. The maximum Gasteiger partial charge on any atom is 0.451 e. The SMILES string of the molecule is N[C@@H](Cc1cnc(CCCCB(O)O)[nH]1)C(=O)O. The Morgan fingerprint density at radius 1 is 1.50 bits per heavy atom. The van der Waals surface area contributed by atoms with Gasteiger partial charge in [0.05, 0.1) is 0 Å². The number of aromatic nitrogens is 2. The first kappa shape index (κ1) is 14.7. The van der Waals surface area contributed by atoms with E-state index in [1.165, 1.54) is 0 Å². The Balaban J connectivity index is 2.32. The summed E-state index contributed by atoms with van der Waals surface area (Å²) in [5, 5.41) is 26.0. The van der Waals surface area contributed by atoms with Crippen molar-refractivity contribution in [1.29, 1.82) is 0 Å². The Morgan fingerprint density at radius 3 is 2.83 bits per heavy atom. The Morgan fingerprint density at radius 2 is 2.22 bits per heavy atom. The Labute approximate surface area is 105 Å². The second-order valence-electron chi connectivity index (χ2n) is 4.23. The number of hydrogen-bond donors (Lipinski definition) is 5. The lowest BCUT2D eigenvalue weighted by Crippen LogP contribution is -2.32. The third-order valence-electron chi connectivity index (χ3n) is 2.56. The Hall–Kier alpha value is -1.38. The average Bonchev–Trinajstić information content (AvgIpc) is 2.72. The highest BCUT2D eigenvalue weighted by atomic mass is 16.4. The van der Waals surface area contributed by atoms with Crippen LogP contribution < -0.4 is 5.73 Å². The van der Waals surface area contributed by atoms with Gasteiger partial charge in [-0.1, -0.05) is 6.42 Å². The summed E-state index contributed by atoms with van der Waals surface area (Å²) >= 11 is 0. The smallest absolute Gasteiger partial charge is 0.451 e. The zero-order valence-corrected chi connectivity index (χ0v) is 10.0. The molecule has 0 aromatic carbocycles. The molecular formula is C10H18BN3O4. The number of aromatic amines is 1. The second kappa shape index (κ2) is 7.15. The number of carboxylic acids is 1. The van der Waals surface area contributed by atoms with Gasteiger partial charge in [-0.25, -0.2) is 4.98 Å².